The Kier molecular flexibility index (Phi) is 7.09. The molecule has 27 heavy (non-hydrogen) atoms. The highest BCUT2D eigenvalue weighted by atomic mass is 32.2. The molecular formula is C19H21NO6S. The maximum absolute atomic E-state index is 12.6. The number of carbonyl (C=O) groups is 1. The molecular weight excluding hydrogens is 370 g/mol. The van der Waals surface area contributed by atoms with Crippen LogP contribution in [0.15, 0.2) is 70.0 Å². The number of aliphatic hydroxyl groups is 1. The van der Waals surface area contributed by atoms with Crippen molar-refractivity contribution >= 4 is 21.9 Å². The Morgan fingerprint density at radius 3 is 2.15 bits per heavy atom. The first-order valence-electron chi connectivity index (χ1n) is 8.24. The van der Waals surface area contributed by atoms with Gasteiger partial charge in [-0.2, -0.15) is 8.42 Å². The third-order valence-corrected chi connectivity index (χ3v) is 5.02. The summed E-state index contributed by atoms with van der Waals surface area (Å²) in [5, 5.41) is 10.5. The van der Waals surface area contributed by atoms with Gasteiger partial charge in [-0.3, -0.25) is 0 Å². The zero-order chi connectivity index (χ0) is 19.9. The van der Waals surface area contributed by atoms with Gasteiger partial charge in [-0.1, -0.05) is 48.5 Å². The van der Waals surface area contributed by atoms with Crippen molar-refractivity contribution in [3.63, 3.8) is 0 Å². The Morgan fingerprint density at radius 2 is 1.63 bits per heavy atom. The lowest BCUT2D eigenvalue weighted by atomic mass is 9.93. The van der Waals surface area contributed by atoms with Crippen LogP contribution in [-0.2, 0) is 24.3 Å². The second-order valence-electron chi connectivity index (χ2n) is 5.51. The summed E-state index contributed by atoms with van der Waals surface area (Å²) in [6.07, 6.45) is -1.68. The predicted molar refractivity (Wildman–Crippen MR) is 99.9 cm³/mol. The smallest absolute Gasteiger partial charge is 0.336 e. The van der Waals surface area contributed by atoms with Gasteiger partial charge in [0.1, 0.15) is 0 Å². The Balaban J connectivity index is 2.53. The molecule has 0 aliphatic carbocycles. The second kappa shape index (κ2) is 9.29. The summed E-state index contributed by atoms with van der Waals surface area (Å²) < 4.78 is 39.0. The molecule has 0 aliphatic rings. The van der Waals surface area contributed by atoms with Gasteiger partial charge < -0.3 is 14.6 Å². The minimum absolute atomic E-state index is 0.0306. The van der Waals surface area contributed by atoms with Gasteiger partial charge >= 0.3 is 5.97 Å². The van der Waals surface area contributed by atoms with E-state index in [-0.39, 0.29) is 17.4 Å². The third kappa shape index (κ3) is 5.15. The highest BCUT2D eigenvalue weighted by molar-refractivity contribution is 7.90. The van der Waals surface area contributed by atoms with Crippen molar-refractivity contribution in [3.05, 3.63) is 66.2 Å². The van der Waals surface area contributed by atoms with Crippen molar-refractivity contribution in [1.29, 1.82) is 0 Å². The fourth-order valence-corrected chi connectivity index (χ4v) is 3.50. The van der Waals surface area contributed by atoms with Crippen molar-refractivity contribution in [2.24, 2.45) is 4.40 Å². The van der Waals surface area contributed by atoms with Crippen molar-refractivity contribution in [3.8, 4) is 0 Å². The van der Waals surface area contributed by atoms with Crippen LogP contribution < -0.4 is 0 Å². The molecule has 0 aromatic heterocycles. The Morgan fingerprint density at radius 1 is 1.07 bits per heavy atom. The number of benzene rings is 2. The van der Waals surface area contributed by atoms with E-state index in [1.165, 1.54) is 19.2 Å². The molecule has 8 heteroatoms. The van der Waals surface area contributed by atoms with Gasteiger partial charge in [-0.25, -0.2) is 4.79 Å². The number of carbonyl (C=O) groups excluding carboxylic acids is 1. The lowest BCUT2D eigenvalue weighted by Gasteiger charge is -2.22. The number of hydrogen-bond acceptors (Lipinski definition) is 6. The van der Waals surface area contributed by atoms with Crippen LogP contribution in [0.1, 0.15) is 18.4 Å². The molecule has 2 unspecified atom stereocenters. The summed E-state index contributed by atoms with van der Waals surface area (Å²) in [6, 6.07) is 16.0. The summed E-state index contributed by atoms with van der Waals surface area (Å²) in [7, 11) is -2.87. The van der Waals surface area contributed by atoms with Crippen LogP contribution in [0.3, 0.4) is 0 Å². The molecule has 0 amide bonds. The van der Waals surface area contributed by atoms with E-state index < -0.39 is 28.0 Å². The molecule has 144 valence electrons. The van der Waals surface area contributed by atoms with Gasteiger partial charge in [0.2, 0.25) is 5.90 Å². The number of nitrogens with zero attached hydrogens (tertiary/aromatic N) is 1. The van der Waals surface area contributed by atoms with Crippen LogP contribution in [0.5, 0.6) is 0 Å². The Labute approximate surface area is 158 Å². The Hall–Kier alpha value is -2.71. The first-order valence-corrected chi connectivity index (χ1v) is 9.68. The number of rotatable bonds is 7. The molecule has 0 radical (unpaired) electrons. The molecule has 2 aromatic rings. The maximum atomic E-state index is 12.6. The Bertz CT molecular complexity index is 881. The highest BCUT2D eigenvalue weighted by Gasteiger charge is 2.35. The first-order chi connectivity index (χ1) is 12.9. The van der Waals surface area contributed by atoms with Gasteiger partial charge in [0.25, 0.3) is 10.0 Å². The summed E-state index contributed by atoms with van der Waals surface area (Å²) in [4.78, 5) is 12.1. The van der Waals surface area contributed by atoms with Gasteiger partial charge in [0.15, 0.2) is 6.10 Å². The van der Waals surface area contributed by atoms with E-state index >= 15 is 0 Å². The number of aliphatic hydroxyl groups excluding tert-OH is 1. The van der Waals surface area contributed by atoms with Gasteiger partial charge in [0.05, 0.1) is 24.5 Å². The number of methoxy groups -OCH3 is 1. The maximum Gasteiger partial charge on any atom is 0.336 e. The monoisotopic (exact) mass is 391 g/mol. The van der Waals surface area contributed by atoms with Crippen LogP contribution in [0.25, 0.3) is 0 Å². The molecule has 0 saturated heterocycles. The molecule has 0 heterocycles. The quantitative estimate of drug-likeness (QED) is 0.441. The first kappa shape index (κ1) is 20.6. The number of sulfonamides is 1. The fourth-order valence-electron chi connectivity index (χ4n) is 2.47. The molecule has 7 nitrogen and oxygen atoms in total. The van der Waals surface area contributed by atoms with Crippen molar-refractivity contribution < 1.29 is 27.8 Å². The summed E-state index contributed by atoms with van der Waals surface area (Å²) in [5.41, 5.74) is 0.460. The van der Waals surface area contributed by atoms with Gasteiger partial charge in [0, 0.05) is 0 Å². The van der Waals surface area contributed by atoms with E-state index in [1.54, 1.807) is 55.5 Å². The van der Waals surface area contributed by atoms with E-state index in [9.17, 15) is 18.3 Å². The van der Waals surface area contributed by atoms with Gasteiger partial charge in [-0.05, 0) is 24.6 Å². The average molecular weight is 391 g/mol. The molecule has 1 N–H and O–H groups in total. The van der Waals surface area contributed by atoms with E-state index in [4.69, 9.17) is 9.47 Å². The van der Waals surface area contributed by atoms with Crippen molar-refractivity contribution in [2.75, 3.05) is 13.7 Å². The topological polar surface area (TPSA) is 102 Å². The van der Waals surface area contributed by atoms with Crippen LogP contribution in [0.4, 0.5) is 0 Å². The molecule has 0 saturated carbocycles. The lowest BCUT2D eigenvalue weighted by Crippen LogP contribution is -2.35. The second-order valence-corrected chi connectivity index (χ2v) is 7.11. The molecule has 2 rings (SSSR count). The van der Waals surface area contributed by atoms with Crippen molar-refractivity contribution in [2.45, 2.75) is 23.8 Å². The summed E-state index contributed by atoms with van der Waals surface area (Å²) >= 11 is 0. The minimum atomic E-state index is -4.10. The van der Waals surface area contributed by atoms with E-state index in [2.05, 4.69) is 4.40 Å². The zero-order valence-corrected chi connectivity index (χ0v) is 15.8. The van der Waals surface area contributed by atoms with E-state index in [0.29, 0.717) is 5.56 Å². The molecule has 0 aliphatic heterocycles. The van der Waals surface area contributed by atoms with Gasteiger partial charge in [-0.15, -0.1) is 4.40 Å². The van der Waals surface area contributed by atoms with Crippen molar-refractivity contribution in [1.82, 2.24) is 0 Å². The summed E-state index contributed by atoms with van der Waals surface area (Å²) in [5.74, 6) is -2.35. The number of esters is 1. The molecule has 0 fully saturated rings. The summed E-state index contributed by atoms with van der Waals surface area (Å²) in [6.45, 7) is 1.67. The minimum Gasteiger partial charge on any atom is -0.483 e. The van der Waals surface area contributed by atoms with Crippen LogP contribution >= 0.6 is 0 Å². The average Bonchev–Trinajstić information content (AvgIpc) is 2.69. The molecule has 2 aromatic carbocycles. The highest BCUT2D eigenvalue weighted by Crippen LogP contribution is 2.25. The largest absolute Gasteiger partial charge is 0.483 e. The molecule has 2 atom stereocenters. The normalized spacial score (nSPS) is 14.3. The molecule has 0 spiro atoms. The van der Waals surface area contributed by atoms with Crippen LogP contribution in [-0.4, -0.2) is 45.2 Å². The SMILES string of the molecule is CCOC(=O)C(O)C(/C(=N/S(=O)(=O)c1ccccc1)OC)c1ccccc1. The van der Waals surface area contributed by atoms with E-state index in [1.807, 2.05) is 0 Å². The van der Waals surface area contributed by atoms with Crippen LogP contribution in [0, 0.1) is 0 Å². The standard InChI is InChI=1S/C19H21NO6S/c1-3-26-19(22)17(21)16(14-10-6-4-7-11-14)18(25-2)20-27(23,24)15-12-8-5-9-13-15/h4-13,16-17,21H,3H2,1-2H3/b20-18-. The number of hydrogen-bond donors (Lipinski definition) is 1. The lowest BCUT2D eigenvalue weighted by molar-refractivity contribution is -0.153. The zero-order valence-electron chi connectivity index (χ0n) is 15.0. The number of ether oxygens (including phenoxy) is 2. The van der Waals surface area contributed by atoms with E-state index in [0.717, 1.165) is 0 Å². The van der Waals surface area contributed by atoms with Crippen LogP contribution in [0.2, 0.25) is 0 Å². The predicted octanol–water partition coefficient (Wildman–Crippen LogP) is 2.13. The fraction of sp³-hybridized carbons (Fsp3) is 0.263. The third-order valence-electron chi connectivity index (χ3n) is 3.73. The molecule has 0 bridgehead atoms.